The fourth-order valence-corrected chi connectivity index (χ4v) is 3.19. The van der Waals surface area contributed by atoms with Crippen LogP contribution in [0.1, 0.15) is 29.4 Å². The molecule has 0 bridgehead atoms. The summed E-state index contributed by atoms with van der Waals surface area (Å²) in [7, 11) is 2.22. The molecule has 2 nitrogen and oxygen atoms in total. The van der Waals surface area contributed by atoms with Crippen molar-refractivity contribution in [1.29, 1.82) is 0 Å². The third-order valence-corrected chi connectivity index (χ3v) is 4.28. The molecule has 1 aromatic heterocycles. The highest BCUT2D eigenvalue weighted by atomic mass is 32.1. The van der Waals surface area contributed by atoms with Crippen LogP contribution in [0.5, 0.6) is 0 Å². The molecule has 2 unspecified atom stereocenters. The molecule has 3 heteroatoms. The maximum atomic E-state index is 4.62. The summed E-state index contributed by atoms with van der Waals surface area (Å²) < 4.78 is 0. The van der Waals surface area contributed by atoms with E-state index in [1.807, 2.05) is 11.3 Å². The van der Waals surface area contributed by atoms with E-state index < -0.39 is 0 Å². The van der Waals surface area contributed by atoms with E-state index >= 15 is 0 Å². The first-order chi connectivity index (χ1) is 6.58. The number of hydrogen-bond acceptors (Lipinski definition) is 3. The summed E-state index contributed by atoms with van der Waals surface area (Å²) in [4.78, 5) is 8.59. The third-order valence-electron chi connectivity index (χ3n) is 3.25. The molecule has 0 fully saturated rings. The number of aryl methyl sites for hydroxylation is 1. The Kier molecular flexibility index (Phi) is 2.62. The van der Waals surface area contributed by atoms with Crippen molar-refractivity contribution < 1.29 is 0 Å². The fourth-order valence-electron chi connectivity index (χ4n) is 2.10. The van der Waals surface area contributed by atoms with E-state index in [1.165, 1.54) is 22.0 Å². The Balaban J connectivity index is 2.33. The average Bonchev–Trinajstić information content (AvgIpc) is 2.40. The van der Waals surface area contributed by atoms with E-state index in [0.717, 1.165) is 6.42 Å². The van der Waals surface area contributed by atoms with Crippen molar-refractivity contribution >= 4 is 11.3 Å². The largest absolute Gasteiger partial charge is 0.300 e. The van der Waals surface area contributed by atoms with Crippen molar-refractivity contribution in [3.8, 4) is 0 Å². The van der Waals surface area contributed by atoms with Crippen LogP contribution in [0.4, 0.5) is 0 Å². The van der Waals surface area contributed by atoms with Crippen LogP contribution in [-0.4, -0.2) is 29.0 Å². The number of aromatic nitrogens is 1. The molecular weight excluding hydrogens is 192 g/mol. The molecule has 2 rings (SSSR count). The Hall–Kier alpha value is -0.410. The lowest BCUT2D eigenvalue weighted by atomic mass is 10.2. The minimum atomic E-state index is 0.618. The van der Waals surface area contributed by atoms with Crippen LogP contribution in [0.25, 0.3) is 0 Å². The van der Waals surface area contributed by atoms with Gasteiger partial charge in [0.25, 0.3) is 0 Å². The van der Waals surface area contributed by atoms with Crippen molar-refractivity contribution in [2.45, 2.75) is 45.7 Å². The Bertz CT molecular complexity index is 303. The van der Waals surface area contributed by atoms with Gasteiger partial charge in [-0.3, -0.25) is 0 Å². The third kappa shape index (κ3) is 1.71. The minimum Gasteiger partial charge on any atom is -0.300 e. The summed E-state index contributed by atoms with van der Waals surface area (Å²) >= 11 is 1.87. The molecule has 1 aliphatic heterocycles. The molecule has 2 heterocycles. The van der Waals surface area contributed by atoms with Crippen molar-refractivity contribution in [2.24, 2.45) is 0 Å². The first kappa shape index (κ1) is 10.1. The molecule has 0 N–H and O–H groups in total. The first-order valence-electron chi connectivity index (χ1n) is 5.25. The number of rotatable bonds is 0. The molecule has 0 aliphatic carbocycles. The van der Waals surface area contributed by atoms with Crippen molar-refractivity contribution in [2.75, 3.05) is 7.05 Å². The van der Waals surface area contributed by atoms with Crippen molar-refractivity contribution in [3.63, 3.8) is 0 Å². The summed E-state index contributed by atoms with van der Waals surface area (Å²) in [5.74, 6) is 0. The second-order valence-electron chi connectivity index (χ2n) is 4.37. The summed E-state index contributed by atoms with van der Waals surface area (Å²) in [5.41, 5.74) is 1.34. The topological polar surface area (TPSA) is 16.1 Å². The van der Waals surface area contributed by atoms with Gasteiger partial charge in [-0.15, -0.1) is 11.3 Å². The monoisotopic (exact) mass is 210 g/mol. The molecule has 1 aliphatic rings. The predicted octanol–water partition coefficient (Wildman–Crippen LogP) is 2.26. The normalized spacial score (nSPS) is 28.6. The Morgan fingerprint density at radius 2 is 1.93 bits per heavy atom. The van der Waals surface area contributed by atoms with Crippen LogP contribution in [0.15, 0.2) is 0 Å². The molecule has 1 aromatic rings. The summed E-state index contributed by atoms with van der Waals surface area (Å²) in [6.45, 7) is 6.71. The highest BCUT2D eigenvalue weighted by molar-refractivity contribution is 7.11. The molecule has 0 saturated heterocycles. The van der Waals surface area contributed by atoms with E-state index in [1.54, 1.807) is 0 Å². The van der Waals surface area contributed by atoms with E-state index in [9.17, 15) is 0 Å². The number of fused-ring (bicyclic) bond motifs is 1. The maximum Gasteiger partial charge on any atom is 0.0900 e. The van der Waals surface area contributed by atoms with Crippen LogP contribution in [-0.2, 0) is 12.8 Å². The quantitative estimate of drug-likeness (QED) is 0.653. The average molecular weight is 210 g/mol. The van der Waals surface area contributed by atoms with Crippen LogP contribution in [0, 0.1) is 6.92 Å². The zero-order valence-electron chi connectivity index (χ0n) is 9.37. The van der Waals surface area contributed by atoms with Crippen LogP contribution < -0.4 is 0 Å². The predicted molar refractivity (Wildman–Crippen MR) is 60.9 cm³/mol. The lowest BCUT2D eigenvalue weighted by molar-refractivity contribution is 0.201. The van der Waals surface area contributed by atoms with Gasteiger partial charge in [-0.1, -0.05) is 0 Å². The van der Waals surface area contributed by atoms with Gasteiger partial charge < -0.3 is 4.90 Å². The summed E-state index contributed by atoms with van der Waals surface area (Å²) in [6, 6.07) is 1.26. The Morgan fingerprint density at radius 1 is 1.29 bits per heavy atom. The van der Waals surface area contributed by atoms with E-state index in [4.69, 9.17) is 0 Å². The number of nitrogens with zero attached hydrogens (tertiary/aromatic N) is 2. The molecule has 0 saturated carbocycles. The second-order valence-corrected chi connectivity index (χ2v) is 5.66. The summed E-state index contributed by atoms with van der Waals surface area (Å²) in [5, 5.41) is 1.22. The number of likely N-dealkylation sites (N-methyl/N-ethyl adjacent to an activating group) is 1. The van der Waals surface area contributed by atoms with E-state index in [0.29, 0.717) is 12.1 Å². The zero-order chi connectivity index (χ0) is 10.3. The molecule has 0 spiro atoms. The van der Waals surface area contributed by atoms with E-state index in [2.05, 4.69) is 37.7 Å². The first-order valence-corrected chi connectivity index (χ1v) is 6.06. The van der Waals surface area contributed by atoms with Gasteiger partial charge in [0.1, 0.15) is 0 Å². The van der Waals surface area contributed by atoms with Gasteiger partial charge in [-0.2, -0.15) is 0 Å². The van der Waals surface area contributed by atoms with Gasteiger partial charge in [0.15, 0.2) is 0 Å². The lowest BCUT2D eigenvalue weighted by Crippen LogP contribution is -2.37. The van der Waals surface area contributed by atoms with Crippen LogP contribution in [0.3, 0.4) is 0 Å². The molecule has 2 atom stereocenters. The van der Waals surface area contributed by atoms with Crippen LogP contribution in [0.2, 0.25) is 0 Å². The zero-order valence-corrected chi connectivity index (χ0v) is 10.2. The standard InChI is InChI=1S/C11H18N2S/c1-7-5-10-11(14-9(3)12-10)6-8(2)13(7)4/h7-8H,5-6H2,1-4H3. The van der Waals surface area contributed by atoms with Gasteiger partial charge in [0.2, 0.25) is 0 Å². The van der Waals surface area contributed by atoms with Gasteiger partial charge in [-0.25, -0.2) is 4.98 Å². The van der Waals surface area contributed by atoms with Gasteiger partial charge in [0, 0.05) is 23.4 Å². The van der Waals surface area contributed by atoms with Crippen LogP contribution >= 0.6 is 11.3 Å². The lowest BCUT2D eigenvalue weighted by Gasteiger charge is -2.27. The minimum absolute atomic E-state index is 0.618. The molecular formula is C11H18N2S. The van der Waals surface area contributed by atoms with Crippen molar-refractivity contribution in [3.05, 3.63) is 15.6 Å². The smallest absolute Gasteiger partial charge is 0.0900 e. The Labute approximate surface area is 90.0 Å². The van der Waals surface area contributed by atoms with Gasteiger partial charge in [0.05, 0.1) is 10.7 Å². The highest BCUT2D eigenvalue weighted by Gasteiger charge is 2.25. The maximum absolute atomic E-state index is 4.62. The van der Waals surface area contributed by atoms with Gasteiger partial charge in [-0.05, 0) is 34.2 Å². The SMILES string of the molecule is Cc1nc2c(s1)CC(C)N(C)C(C)C2. The molecule has 0 amide bonds. The molecule has 0 radical (unpaired) electrons. The number of hydrogen-bond donors (Lipinski definition) is 0. The second kappa shape index (κ2) is 3.63. The molecule has 14 heavy (non-hydrogen) atoms. The van der Waals surface area contributed by atoms with Gasteiger partial charge >= 0.3 is 0 Å². The number of thiazole rings is 1. The highest BCUT2D eigenvalue weighted by Crippen LogP contribution is 2.26. The Morgan fingerprint density at radius 3 is 2.64 bits per heavy atom. The fraction of sp³-hybridized carbons (Fsp3) is 0.727. The van der Waals surface area contributed by atoms with Crippen molar-refractivity contribution in [1.82, 2.24) is 9.88 Å². The summed E-state index contributed by atoms with van der Waals surface area (Å²) in [6.07, 6.45) is 2.28. The molecule has 78 valence electrons. The molecule has 0 aromatic carbocycles. The van der Waals surface area contributed by atoms with E-state index in [-0.39, 0.29) is 0 Å².